The number of pyridine rings is 1. The number of carbonyl (C=O) groups excluding carboxylic acids is 2. The lowest BCUT2D eigenvalue weighted by Gasteiger charge is -2.24. The fourth-order valence-corrected chi connectivity index (χ4v) is 3.18. The smallest absolute Gasteiger partial charge is 0.410 e. The highest BCUT2D eigenvalue weighted by Gasteiger charge is 2.30. The summed E-state index contributed by atoms with van der Waals surface area (Å²) in [6.45, 7) is 8.33. The van der Waals surface area contributed by atoms with Crippen molar-refractivity contribution < 1.29 is 14.3 Å². The Bertz CT molecular complexity index is 860. The maximum atomic E-state index is 12.2. The Labute approximate surface area is 159 Å². The lowest BCUT2D eigenvalue weighted by Crippen LogP contribution is -2.36. The molecule has 1 aromatic heterocycles. The number of nitrogens with zero attached hydrogens (tertiary/aromatic N) is 2. The van der Waals surface area contributed by atoms with Crippen LogP contribution in [0.15, 0.2) is 30.5 Å². The van der Waals surface area contributed by atoms with E-state index in [0.717, 1.165) is 23.0 Å². The van der Waals surface area contributed by atoms with E-state index < -0.39 is 5.60 Å². The lowest BCUT2D eigenvalue weighted by molar-refractivity contribution is -0.114. The van der Waals surface area contributed by atoms with Gasteiger partial charge in [0.1, 0.15) is 5.60 Å². The van der Waals surface area contributed by atoms with Gasteiger partial charge in [-0.15, -0.1) is 0 Å². The van der Waals surface area contributed by atoms with Gasteiger partial charge in [0.2, 0.25) is 5.91 Å². The molecule has 3 rings (SSSR count). The van der Waals surface area contributed by atoms with Crippen molar-refractivity contribution in [3.8, 4) is 0 Å². The number of nitrogens with one attached hydrogen (secondary N) is 2. The Kier molecular flexibility index (Phi) is 5.21. The molecule has 144 valence electrons. The van der Waals surface area contributed by atoms with Crippen LogP contribution in [0.25, 0.3) is 10.9 Å². The highest BCUT2D eigenvalue weighted by molar-refractivity contribution is 6.04. The molecule has 0 spiro atoms. The summed E-state index contributed by atoms with van der Waals surface area (Å²) >= 11 is 0. The average Bonchev–Trinajstić information content (AvgIpc) is 3.04. The Morgan fingerprint density at radius 2 is 1.96 bits per heavy atom. The Balaban J connectivity index is 1.74. The standard InChI is InChI=1S/C20H26N4O3/c1-13(25)22-17-8-7-16(15-6-5-10-21-18(15)17)23-14-9-11-24(12-14)19(26)27-20(2,3)4/h5-8,10,14,23H,9,11-12H2,1-4H3,(H,22,25). The number of fused-ring (bicyclic) bond motifs is 1. The fraction of sp³-hybridized carbons (Fsp3) is 0.450. The molecule has 1 fully saturated rings. The molecule has 0 saturated carbocycles. The summed E-state index contributed by atoms with van der Waals surface area (Å²) in [7, 11) is 0. The zero-order valence-electron chi connectivity index (χ0n) is 16.2. The molecule has 0 bridgehead atoms. The summed E-state index contributed by atoms with van der Waals surface area (Å²) in [5, 5.41) is 7.25. The predicted molar refractivity (Wildman–Crippen MR) is 106 cm³/mol. The van der Waals surface area contributed by atoms with Crippen LogP contribution in [-0.2, 0) is 9.53 Å². The van der Waals surface area contributed by atoms with Crippen LogP contribution in [0.3, 0.4) is 0 Å². The molecule has 27 heavy (non-hydrogen) atoms. The topological polar surface area (TPSA) is 83.6 Å². The van der Waals surface area contributed by atoms with Gasteiger partial charge in [-0.05, 0) is 51.5 Å². The number of carbonyl (C=O) groups is 2. The zero-order valence-corrected chi connectivity index (χ0v) is 16.2. The highest BCUT2D eigenvalue weighted by atomic mass is 16.6. The first-order valence-electron chi connectivity index (χ1n) is 9.13. The van der Waals surface area contributed by atoms with Crippen molar-refractivity contribution in [1.82, 2.24) is 9.88 Å². The number of benzene rings is 1. The fourth-order valence-electron chi connectivity index (χ4n) is 3.18. The normalized spacial score (nSPS) is 17.0. The lowest BCUT2D eigenvalue weighted by atomic mass is 10.1. The van der Waals surface area contributed by atoms with E-state index in [1.165, 1.54) is 6.92 Å². The van der Waals surface area contributed by atoms with E-state index in [0.29, 0.717) is 18.8 Å². The molecule has 7 heteroatoms. The van der Waals surface area contributed by atoms with E-state index >= 15 is 0 Å². The Hall–Kier alpha value is -2.83. The zero-order chi connectivity index (χ0) is 19.6. The van der Waals surface area contributed by atoms with Crippen molar-refractivity contribution in [2.45, 2.75) is 45.8 Å². The molecule has 1 aromatic carbocycles. The molecule has 2 heterocycles. The van der Waals surface area contributed by atoms with Crippen LogP contribution in [0.1, 0.15) is 34.1 Å². The van der Waals surface area contributed by atoms with Crippen LogP contribution in [0.2, 0.25) is 0 Å². The molecule has 1 aliphatic rings. The molecular weight excluding hydrogens is 344 g/mol. The van der Waals surface area contributed by atoms with Gasteiger partial charge in [-0.25, -0.2) is 4.79 Å². The Morgan fingerprint density at radius 3 is 2.67 bits per heavy atom. The molecule has 0 radical (unpaired) electrons. The molecule has 1 atom stereocenters. The SMILES string of the molecule is CC(=O)Nc1ccc(NC2CCN(C(=O)OC(C)(C)C)C2)c2cccnc12. The van der Waals surface area contributed by atoms with Crippen molar-refractivity contribution in [3.63, 3.8) is 0 Å². The van der Waals surface area contributed by atoms with Crippen LogP contribution in [0.4, 0.5) is 16.2 Å². The predicted octanol–water partition coefficient (Wildman–Crippen LogP) is 3.61. The van der Waals surface area contributed by atoms with Crippen LogP contribution >= 0.6 is 0 Å². The summed E-state index contributed by atoms with van der Waals surface area (Å²) in [6.07, 6.45) is 2.27. The van der Waals surface area contributed by atoms with Crippen LogP contribution in [0.5, 0.6) is 0 Å². The third kappa shape index (κ3) is 4.67. The molecule has 2 aromatic rings. The molecule has 1 saturated heterocycles. The van der Waals surface area contributed by atoms with Crippen molar-refractivity contribution >= 4 is 34.3 Å². The second-order valence-electron chi connectivity index (χ2n) is 7.80. The van der Waals surface area contributed by atoms with Crippen LogP contribution in [0, 0.1) is 0 Å². The first kappa shape index (κ1) is 18.9. The van der Waals surface area contributed by atoms with Gasteiger partial charge in [0.15, 0.2) is 0 Å². The van der Waals surface area contributed by atoms with E-state index in [4.69, 9.17) is 4.74 Å². The van der Waals surface area contributed by atoms with Crippen molar-refractivity contribution in [3.05, 3.63) is 30.5 Å². The summed E-state index contributed by atoms with van der Waals surface area (Å²) in [4.78, 5) is 29.8. The number of aromatic nitrogens is 1. The Morgan fingerprint density at radius 1 is 1.22 bits per heavy atom. The molecule has 1 unspecified atom stereocenters. The van der Waals surface area contributed by atoms with Crippen LogP contribution in [-0.4, -0.2) is 46.6 Å². The molecular formula is C20H26N4O3. The third-order valence-corrected chi connectivity index (χ3v) is 4.28. The summed E-state index contributed by atoms with van der Waals surface area (Å²) in [6, 6.07) is 7.75. The number of ether oxygens (including phenoxy) is 1. The van der Waals surface area contributed by atoms with Gasteiger partial charge in [-0.1, -0.05) is 0 Å². The first-order chi connectivity index (χ1) is 12.7. The van der Waals surface area contributed by atoms with Crippen molar-refractivity contribution in [2.24, 2.45) is 0 Å². The molecule has 2 N–H and O–H groups in total. The van der Waals surface area contributed by atoms with Gasteiger partial charge in [0, 0.05) is 43.3 Å². The average molecular weight is 370 g/mol. The number of hydrogen-bond donors (Lipinski definition) is 2. The number of hydrogen-bond acceptors (Lipinski definition) is 5. The number of amides is 2. The summed E-state index contributed by atoms with van der Waals surface area (Å²) in [5.74, 6) is -0.133. The van der Waals surface area contributed by atoms with Gasteiger partial charge < -0.3 is 20.3 Å². The van der Waals surface area contributed by atoms with Crippen LogP contribution < -0.4 is 10.6 Å². The minimum atomic E-state index is -0.496. The van der Waals surface area contributed by atoms with E-state index in [1.54, 1.807) is 11.1 Å². The third-order valence-electron chi connectivity index (χ3n) is 4.28. The maximum Gasteiger partial charge on any atom is 0.410 e. The van der Waals surface area contributed by atoms with Gasteiger partial charge in [-0.3, -0.25) is 9.78 Å². The van der Waals surface area contributed by atoms with E-state index in [2.05, 4.69) is 15.6 Å². The minimum absolute atomic E-state index is 0.132. The van der Waals surface area contributed by atoms with Gasteiger partial charge in [-0.2, -0.15) is 0 Å². The quantitative estimate of drug-likeness (QED) is 0.862. The largest absolute Gasteiger partial charge is 0.444 e. The summed E-state index contributed by atoms with van der Waals surface area (Å²) in [5.41, 5.74) is 1.86. The van der Waals surface area contributed by atoms with Gasteiger partial charge >= 0.3 is 6.09 Å². The molecule has 1 aliphatic heterocycles. The maximum absolute atomic E-state index is 12.2. The monoisotopic (exact) mass is 370 g/mol. The number of anilines is 2. The minimum Gasteiger partial charge on any atom is -0.444 e. The molecule has 2 amide bonds. The highest BCUT2D eigenvalue weighted by Crippen LogP contribution is 2.30. The second-order valence-corrected chi connectivity index (χ2v) is 7.80. The first-order valence-corrected chi connectivity index (χ1v) is 9.13. The summed E-state index contributed by atoms with van der Waals surface area (Å²) < 4.78 is 5.45. The second kappa shape index (κ2) is 7.42. The van der Waals surface area contributed by atoms with E-state index in [-0.39, 0.29) is 18.0 Å². The molecule has 0 aliphatic carbocycles. The van der Waals surface area contributed by atoms with Gasteiger partial charge in [0.05, 0.1) is 11.2 Å². The number of rotatable bonds is 3. The van der Waals surface area contributed by atoms with Gasteiger partial charge in [0.25, 0.3) is 0 Å². The van der Waals surface area contributed by atoms with Crippen molar-refractivity contribution in [2.75, 3.05) is 23.7 Å². The van der Waals surface area contributed by atoms with E-state index in [1.807, 2.05) is 45.0 Å². The van der Waals surface area contributed by atoms with E-state index in [9.17, 15) is 9.59 Å². The number of likely N-dealkylation sites (tertiary alicyclic amines) is 1. The van der Waals surface area contributed by atoms with Crippen molar-refractivity contribution in [1.29, 1.82) is 0 Å². The molecule has 7 nitrogen and oxygen atoms in total.